The highest BCUT2D eigenvalue weighted by atomic mass is 16.5. The highest BCUT2D eigenvalue weighted by molar-refractivity contribution is 5.87. The lowest BCUT2D eigenvalue weighted by molar-refractivity contribution is -0.144. The van der Waals surface area contributed by atoms with Crippen LogP contribution in [0.15, 0.2) is 65.8 Å². The number of hydrogen-bond acceptors (Lipinski definition) is 2. The standard InChI is InChI=1S/C38H52O2/c1-25(2)27(4)10-11-28(5)33-17-18-34-32-16-15-30-24-31(20-22-37(30,6)35(32)21-23-38(33,34)7)40-36(39)19-14-29-12-8-26(3)9-13-29/h8-16,19,25,27-28,31,33-35H,17-18,20-24H2,1-7H3/b11-10+,19-14+/t27-,28+,31-,33+,34?,35?,37-,38+/m0/s1. The summed E-state index contributed by atoms with van der Waals surface area (Å²) in [6.07, 6.45) is 21.7. The molecular formula is C38H52O2. The molecule has 2 unspecified atom stereocenters. The van der Waals surface area contributed by atoms with Crippen molar-refractivity contribution >= 4 is 12.0 Å². The quantitative estimate of drug-likeness (QED) is 0.195. The van der Waals surface area contributed by atoms with Gasteiger partial charge in [0, 0.05) is 12.5 Å². The second-order valence-electron chi connectivity index (χ2n) is 14.5. The van der Waals surface area contributed by atoms with E-state index in [4.69, 9.17) is 4.74 Å². The number of ether oxygens (including phenoxy) is 1. The number of esters is 1. The predicted octanol–water partition coefficient (Wildman–Crippen LogP) is 9.90. The molecule has 0 aliphatic heterocycles. The molecule has 0 saturated heterocycles. The first-order valence-corrected chi connectivity index (χ1v) is 16.1. The second-order valence-corrected chi connectivity index (χ2v) is 14.5. The number of aryl methyl sites for hydroxylation is 1. The summed E-state index contributed by atoms with van der Waals surface area (Å²) in [6.45, 7) is 16.7. The zero-order valence-corrected chi connectivity index (χ0v) is 26.1. The second kappa shape index (κ2) is 11.5. The Kier molecular flexibility index (Phi) is 8.38. The molecule has 0 heterocycles. The molecule has 3 saturated carbocycles. The van der Waals surface area contributed by atoms with Gasteiger partial charge < -0.3 is 4.74 Å². The van der Waals surface area contributed by atoms with E-state index in [-0.39, 0.29) is 17.5 Å². The number of carbonyl (C=O) groups excluding carboxylic acids is 1. The fourth-order valence-corrected chi connectivity index (χ4v) is 8.73. The molecule has 1 aromatic rings. The van der Waals surface area contributed by atoms with Gasteiger partial charge >= 0.3 is 5.97 Å². The fourth-order valence-electron chi connectivity index (χ4n) is 8.73. The van der Waals surface area contributed by atoms with Gasteiger partial charge in [-0.15, -0.1) is 0 Å². The Hall–Kier alpha value is -2.35. The van der Waals surface area contributed by atoms with Gasteiger partial charge in [0.1, 0.15) is 6.10 Å². The van der Waals surface area contributed by atoms with Crippen LogP contribution in [-0.2, 0) is 9.53 Å². The lowest BCUT2D eigenvalue weighted by atomic mass is 9.50. The molecule has 0 N–H and O–H groups in total. The molecule has 0 amide bonds. The molecule has 4 aliphatic carbocycles. The Morgan fingerprint density at radius 3 is 2.40 bits per heavy atom. The van der Waals surface area contributed by atoms with Gasteiger partial charge in [0.25, 0.3) is 0 Å². The van der Waals surface area contributed by atoms with Gasteiger partial charge in [0.05, 0.1) is 0 Å². The molecule has 2 nitrogen and oxygen atoms in total. The zero-order chi connectivity index (χ0) is 28.7. The van der Waals surface area contributed by atoms with Crippen LogP contribution in [0.5, 0.6) is 0 Å². The summed E-state index contributed by atoms with van der Waals surface area (Å²) in [5.41, 5.74) is 6.11. The van der Waals surface area contributed by atoms with E-state index >= 15 is 0 Å². The summed E-state index contributed by atoms with van der Waals surface area (Å²) in [5.74, 6) is 3.90. The van der Waals surface area contributed by atoms with Gasteiger partial charge in [-0.1, -0.05) is 107 Å². The highest BCUT2D eigenvalue weighted by Gasteiger charge is 2.57. The minimum Gasteiger partial charge on any atom is -0.459 e. The van der Waals surface area contributed by atoms with Crippen molar-refractivity contribution in [1.82, 2.24) is 0 Å². The van der Waals surface area contributed by atoms with E-state index < -0.39 is 0 Å². The van der Waals surface area contributed by atoms with E-state index in [2.05, 4.69) is 84.9 Å². The maximum atomic E-state index is 12.6. The van der Waals surface area contributed by atoms with E-state index in [1.165, 1.54) is 36.8 Å². The third-order valence-corrected chi connectivity index (χ3v) is 11.8. The Morgan fingerprint density at radius 1 is 0.925 bits per heavy atom. The highest BCUT2D eigenvalue weighted by Crippen LogP contribution is 2.66. The van der Waals surface area contributed by atoms with Crippen LogP contribution in [0.1, 0.15) is 97.6 Å². The average Bonchev–Trinajstić information content (AvgIpc) is 3.28. The number of rotatable bonds is 7. The zero-order valence-electron chi connectivity index (χ0n) is 26.1. The van der Waals surface area contributed by atoms with Gasteiger partial charge in [-0.2, -0.15) is 0 Å². The SMILES string of the molecule is Cc1ccc(/C=C/C(=O)O[C@H]2CC[C@@]3(C)C(=CC=C4C3CC[C@@]3(C)C4CC[C@@H]3[C@H](C)/C=C/[C@H](C)C(C)C)C2)cc1. The summed E-state index contributed by atoms with van der Waals surface area (Å²) in [6, 6.07) is 8.20. The molecule has 40 heavy (non-hydrogen) atoms. The van der Waals surface area contributed by atoms with Crippen molar-refractivity contribution in [2.45, 2.75) is 99.5 Å². The first-order valence-electron chi connectivity index (χ1n) is 16.1. The van der Waals surface area contributed by atoms with Crippen LogP contribution in [0, 0.1) is 53.3 Å². The summed E-state index contributed by atoms with van der Waals surface area (Å²) in [7, 11) is 0. The molecule has 0 bridgehead atoms. The van der Waals surface area contributed by atoms with Crippen LogP contribution in [-0.4, -0.2) is 12.1 Å². The molecule has 2 heteroatoms. The van der Waals surface area contributed by atoms with Crippen LogP contribution in [0.2, 0.25) is 0 Å². The van der Waals surface area contributed by atoms with E-state index in [9.17, 15) is 4.79 Å². The Bertz CT molecular complexity index is 1200. The van der Waals surface area contributed by atoms with Gasteiger partial charge in [0.15, 0.2) is 0 Å². The Balaban J connectivity index is 1.26. The number of carbonyl (C=O) groups is 1. The first kappa shape index (κ1) is 29.2. The first-order chi connectivity index (χ1) is 19.0. The van der Waals surface area contributed by atoms with Gasteiger partial charge in [-0.25, -0.2) is 4.79 Å². The van der Waals surface area contributed by atoms with Crippen molar-refractivity contribution in [3.63, 3.8) is 0 Å². The van der Waals surface area contributed by atoms with E-state index in [1.54, 1.807) is 11.6 Å². The molecule has 0 aromatic heterocycles. The number of benzene rings is 1. The van der Waals surface area contributed by atoms with Gasteiger partial charge in [0.2, 0.25) is 0 Å². The van der Waals surface area contributed by atoms with Crippen molar-refractivity contribution in [3.8, 4) is 0 Å². The van der Waals surface area contributed by atoms with Crippen LogP contribution in [0.25, 0.3) is 6.08 Å². The molecule has 5 rings (SSSR count). The molecular weight excluding hydrogens is 488 g/mol. The molecule has 0 spiro atoms. The van der Waals surface area contributed by atoms with Crippen molar-refractivity contribution in [1.29, 1.82) is 0 Å². The molecule has 4 aliphatic rings. The molecule has 1 aromatic carbocycles. The molecule has 8 atom stereocenters. The van der Waals surface area contributed by atoms with Crippen LogP contribution in [0.4, 0.5) is 0 Å². The molecule has 3 fully saturated rings. The summed E-state index contributed by atoms with van der Waals surface area (Å²) >= 11 is 0. The Morgan fingerprint density at radius 2 is 1.68 bits per heavy atom. The number of hydrogen-bond donors (Lipinski definition) is 0. The normalized spacial score (nSPS) is 35.1. The number of fused-ring (bicyclic) bond motifs is 5. The van der Waals surface area contributed by atoms with Crippen LogP contribution < -0.4 is 0 Å². The lowest BCUT2D eigenvalue weighted by Gasteiger charge is -2.55. The van der Waals surface area contributed by atoms with Crippen molar-refractivity contribution < 1.29 is 9.53 Å². The van der Waals surface area contributed by atoms with E-state index in [0.717, 1.165) is 30.7 Å². The topological polar surface area (TPSA) is 26.3 Å². The van der Waals surface area contributed by atoms with Crippen LogP contribution in [0.3, 0.4) is 0 Å². The van der Waals surface area contributed by atoms with Gasteiger partial charge in [-0.05, 0) is 103 Å². The minimum absolute atomic E-state index is 0.0185. The molecule has 216 valence electrons. The smallest absolute Gasteiger partial charge is 0.331 e. The van der Waals surface area contributed by atoms with Crippen molar-refractivity contribution in [3.05, 3.63) is 76.9 Å². The third-order valence-electron chi connectivity index (χ3n) is 11.8. The summed E-state index contributed by atoms with van der Waals surface area (Å²) in [5, 5.41) is 0. The minimum atomic E-state index is -0.224. The number of allylic oxidation sites excluding steroid dienone is 5. The summed E-state index contributed by atoms with van der Waals surface area (Å²) < 4.78 is 5.95. The molecule has 0 radical (unpaired) electrons. The average molecular weight is 541 g/mol. The van der Waals surface area contributed by atoms with Gasteiger partial charge in [-0.3, -0.25) is 0 Å². The fraction of sp³-hybridized carbons (Fsp3) is 0.605. The summed E-state index contributed by atoms with van der Waals surface area (Å²) in [4.78, 5) is 12.6. The van der Waals surface area contributed by atoms with E-state index in [1.807, 2.05) is 18.2 Å². The van der Waals surface area contributed by atoms with Crippen molar-refractivity contribution in [2.24, 2.45) is 46.3 Å². The maximum Gasteiger partial charge on any atom is 0.331 e. The largest absolute Gasteiger partial charge is 0.459 e. The predicted molar refractivity (Wildman–Crippen MR) is 168 cm³/mol. The maximum absolute atomic E-state index is 12.6. The Labute approximate surface area is 244 Å². The van der Waals surface area contributed by atoms with Crippen LogP contribution >= 0.6 is 0 Å². The van der Waals surface area contributed by atoms with Crippen molar-refractivity contribution in [2.75, 3.05) is 0 Å². The monoisotopic (exact) mass is 540 g/mol. The third kappa shape index (κ3) is 5.57. The van der Waals surface area contributed by atoms with E-state index in [0.29, 0.717) is 35.0 Å². The lowest BCUT2D eigenvalue weighted by Crippen LogP contribution is -2.46.